The van der Waals surface area contributed by atoms with Crippen LogP contribution in [-0.2, 0) is 6.18 Å². The van der Waals surface area contributed by atoms with Crippen LogP contribution in [0.3, 0.4) is 0 Å². The number of hydrogen-bond acceptors (Lipinski definition) is 3. The Balaban J connectivity index is 2.64. The zero-order valence-corrected chi connectivity index (χ0v) is 10.6. The summed E-state index contributed by atoms with van der Waals surface area (Å²) in [7, 11) is 0. The van der Waals surface area contributed by atoms with Crippen molar-refractivity contribution in [3.05, 3.63) is 51.3 Å². The maximum Gasteiger partial charge on any atom is 0.423 e. The van der Waals surface area contributed by atoms with E-state index in [9.17, 15) is 23.3 Å². The average Bonchev–Trinajstić information content (AvgIpc) is 2.66. The molecule has 1 aromatic heterocycles. The predicted molar refractivity (Wildman–Crippen MR) is 64.7 cm³/mol. The molecule has 20 heavy (non-hydrogen) atoms. The van der Waals surface area contributed by atoms with Crippen molar-refractivity contribution in [1.82, 2.24) is 9.78 Å². The molecule has 0 unspecified atom stereocenters. The topological polar surface area (TPSA) is 61.0 Å². The average molecular weight is 285 g/mol. The van der Waals surface area contributed by atoms with E-state index in [0.29, 0.717) is 11.4 Å². The van der Waals surface area contributed by atoms with Gasteiger partial charge in [-0.3, -0.25) is 10.1 Å². The molecule has 0 fully saturated rings. The second-order valence-corrected chi connectivity index (χ2v) is 4.30. The van der Waals surface area contributed by atoms with Gasteiger partial charge in [0.25, 0.3) is 5.69 Å². The fourth-order valence-electron chi connectivity index (χ4n) is 1.93. The number of halogens is 3. The van der Waals surface area contributed by atoms with Crippen molar-refractivity contribution in [2.45, 2.75) is 20.0 Å². The van der Waals surface area contributed by atoms with Gasteiger partial charge in [-0.25, -0.2) is 4.68 Å². The van der Waals surface area contributed by atoms with Crippen LogP contribution >= 0.6 is 0 Å². The molecule has 0 saturated carbocycles. The van der Waals surface area contributed by atoms with Crippen molar-refractivity contribution < 1.29 is 18.1 Å². The maximum atomic E-state index is 12.9. The van der Waals surface area contributed by atoms with Gasteiger partial charge in [0.15, 0.2) is 0 Å². The molecule has 8 heteroatoms. The highest BCUT2D eigenvalue weighted by atomic mass is 19.4. The van der Waals surface area contributed by atoms with Crippen molar-refractivity contribution in [3.63, 3.8) is 0 Å². The van der Waals surface area contributed by atoms with E-state index in [2.05, 4.69) is 5.10 Å². The van der Waals surface area contributed by atoms with Gasteiger partial charge in [-0.1, -0.05) is 0 Å². The summed E-state index contributed by atoms with van der Waals surface area (Å²) >= 11 is 0. The first kappa shape index (κ1) is 14.0. The Morgan fingerprint density at radius 1 is 1.25 bits per heavy atom. The smallest absolute Gasteiger partial charge is 0.258 e. The molecule has 0 bridgehead atoms. The van der Waals surface area contributed by atoms with E-state index in [0.717, 1.165) is 12.1 Å². The van der Waals surface area contributed by atoms with Gasteiger partial charge < -0.3 is 0 Å². The molecule has 0 radical (unpaired) electrons. The third-order valence-corrected chi connectivity index (χ3v) is 2.74. The Morgan fingerprint density at radius 3 is 2.35 bits per heavy atom. The van der Waals surface area contributed by atoms with E-state index in [-0.39, 0.29) is 5.69 Å². The van der Waals surface area contributed by atoms with Crippen molar-refractivity contribution >= 4 is 5.69 Å². The normalized spacial score (nSPS) is 11.7. The van der Waals surface area contributed by atoms with Gasteiger partial charge in [0.05, 0.1) is 16.3 Å². The molecule has 2 aromatic rings. The molecule has 2 rings (SSSR count). The second-order valence-electron chi connectivity index (χ2n) is 4.30. The standard InChI is InChI=1S/C12H10F3N3O2/c1-7-5-8(2)17(16-7)9-3-4-11(18(19)20)10(6-9)12(13,14)15/h3-6H,1-2H3. The number of nitro benzene ring substituents is 1. The molecule has 0 amide bonds. The van der Waals surface area contributed by atoms with Gasteiger partial charge in [0.1, 0.15) is 5.56 Å². The molecule has 5 nitrogen and oxygen atoms in total. The van der Waals surface area contributed by atoms with Crippen LogP contribution in [-0.4, -0.2) is 14.7 Å². The molecule has 0 aliphatic carbocycles. The molecule has 1 heterocycles. The van der Waals surface area contributed by atoms with Crippen LogP contribution < -0.4 is 0 Å². The number of rotatable bonds is 2. The van der Waals surface area contributed by atoms with Crippen LogP contribution in [0.2, 0.25) is 0 Å². The molecular formula is C12H10F3N3O2. The molecular weight excluding hydrogens is 275 g/mol. The molecule has 0 spiro atoms. The fourth-order valence-corrected chi connectivity index (χ4v) is 1.93. The number of hydrogen-bond donors (Lipinski definition) is 0. The van der Waals surface area contributed by atoms with Gasteiger partial charge in [-0.2, -0.15) is 18.3 Å². The summed E-state index contributed by atoms with van der Waals surface area (Å²) in [4.78, 5) is 9.62. The van der Waals surface area contributed by atoms with E-state index in [1.165, 1.54) is 10.7 Å². The molecule has 1 aromatic carbocycles. The second kappa shape index (κ2) is 4.62. The maximum absolute atomic E-state index is 12.9. The number of nitrogens with zero attached hydrogens (tertiary/aromatic N) is 3. The van der Waals surface area contributed by atoms with Gasteiger partial charge in [-0.05, 0) is 32.0 Å². The molecule has 0 aliphatic heterocycles. The third kappa shape index (κ3) is 2.49. The number of alkyl halides is 3. The highest BCUT2D eigenvalue weighted by molar-refractivity contribution is 5.50. The Morgan fingerprint density at radius 2 is 1.90 bits per heavy atom. The van der Waals surface area contributed by atoms with E-state index >= 15 is 0 Å². The molecule has 0 aliphatic rings. The first-order valence-corrected chi connectivity index (χ1v) is 5.59. The fraction of sp³-hybridized carbons (Fsp3) is 0.250. The van der Waals surface area contributed by atoms with Crippen LogP contribution in [0.25, 0.3) is 5.69 Å². The van der Waals surface area contributed by atoms with Crippen LogP contribution in [0.15, 0.2) is 24.3 Å². The largest absolute Gasteiger partial charge is 0.423 e. The van der Waals surface area contributed by atoms with Crippen molar-refractivity contribution in [2.24, 2.45) is 0 Å². The molecule has 0 N–H and O–H groups in total. The first-order valence-electron chi connectivity index (χ1n) is 5.59. The van der Waals surface area contributed by atoms with E-state index in [1.54, 1.807) is 19.9 Å². The lowest BCUT2D eigenvalue weighted by Crippen LogP contribution is -2.10. The van der Waals surface area contributed by atoms with Gasteiger partial charge in [0.2, 0.25) is 0 Å². The third-order valence-electron chi connectivity index (χ3n) is 2.74. The van der Waals surface area contributed by atoms with Crippen LogP contribution in [0.4, 0.5) is 18.9 Å². The number of nitro groups is 1. The van der Waals surface area contributed by atoms with Gasteiger partial charge >= 0.3 is 6.18 Å². The summed E-state index contributed by atoms with van der Waals surface area (Å²) in [6.45, 7) is 3.40. The van der Waals surface area contributed by atoms with Crippen LogP contribution in [0, 0.1) is 24.0 Å². The Bertz CT molecular complexity index is 677. The van der Waals surface area contributed by atoms with E-state index in [4.69, 9.17) is 0 Å². The van der Waals surface area contributed by atoms with Crippen LogP contribution in [0.1, 0.15) is 17.0 Å². The predicted octanol–water partition coefficient (Wildman–Crippen LogP) is 3.42. The lowest BCUT2D eigenvalue weighted by molar-refractivity contribution is -0.388. The quantitative estimate of drug-likeness (QED) is 0.627. The summed E-state index contributed by atoms with van der Waals surface area (Å²) < 4.78 is 39.9. The van der Waals surface area contributed by atoms with Crippen LogP contribution in [0.5, 0.6) is 0 Å². The summed E-state index contributed by atoms with van der Waals surface area (Å²) in [5, 5.41) is 14.7. The van der Waals surface area contributed by atoms with Gasteiger partial charge in [-0.15, -0.1) is 0 Å². The van der Waals surface area contributed by atoms with Crippen molar-refractivity contribution in [3.8, 4) is 5.69 Å². The highest BCUT2D eigenvalue weighted by Gasteiger charge is 2.38. The first-order chi connectivity index (χ1) is 9.20. The summed E-state index contributed by atoms with van der Waals surface area (Å²) in [6, 6.07) is 4.52. The zero-order chi connectivity index (χ0) is 15.1. The minimum Gasteiger partial charge on any atom is -0.258 e. The van der Waals surface area contributed by atoms with E-state index in [1.807, 2.05) is 0 Å². The zero-order valence-electron chi connectivity index (χ0n) is 10.6. The van der Waals surface area contributed by atoms with Gasteiger partial charge in [0, 0.05) is 11.8 Å². The molecule has 106 valence electrons. The minimum atomic E-state index is -4.80. The summed E-state index contributed by atoms with van der Waals surface area (Å²) in [5.41, 5.74) is -0.831. The number of aromatic nitrogens is 2. The van der Waals surface area contributed by atoms with E-state index < -0.39 is 22.4 Å². The lowest BCUT2D eigenvalue weighted by Gasteiger charge is -2.10. The number of benzene rings is 1. The highest BCUT2D eigenvalue weighted by Crippen LogP contribution is 2.37. The Kier molecular flexibility index (Phi) is 3.24. The molecule has 0 saturated heterocycles. The minimum absolute atomic E-state index is 0.133. The summed E-state index contributed by atoms with van der Waals surface area (Å²) in [5.74, 6) is 0. The SMILES string of the molecule is Cc1cc(C)n(-c2ccc([N+](=O)[O-])c(C(F)(F)F)c2)n1. The molecule has 0 atom stereocenters. The number of aryl methyl sites for hydroxylation is 2. The van der Waals surface area contributed by atoms with Crippen molar-refractivity contribution in [1.29, 1.82) is 0 Å². The Hall–Kier alpha value is -2.38. The lowest BCUT2D eigenvalue weighted by atomic mass is 10.1. The Labute approximate surface area is 111 Å². The summed E-state index contributed by atoms with van der Waals surface area (Å²) in [6.07, 6.45) is -4.80. The monoisotopic (exact) mass is 285 g/mol. The van der Waals surface area contributed by atoms with Crippen molar-refractivity contribution in [2.75, 3.05) is 0 Å².